The molecule has 6 heteroatoms. The van der Waals surface area contributed by atoms with E-state index >= 15 is 0 Å². The number of thiocarbonyl (C=S) groups is 1. The molecule has 0 saturated carbocycles. The van der Waals surface area contributed by atoms with E-state index in [2.05, 4.69) is 0 Å². The van der Waals surface area contributed by atoms with Gasteiger partial charge in [-0.1, -0.05) is 90.7 Å². The molecule has 0 aromatic heterocycles. The lowest BCUT2D eigenvalue weighted by Crippen LogP contribution is -2.27. The van der Waals surface area contributed by atoms with Gasteiger partial charge in [-0.25, -0.2) is 0 Å². The van der Waals surface area contributed by atoms with E-state index in [1.165, 1.54) is 11.8 Å². The average molecular weight is 462 g/mol. The van der Waals surface area contributed by atoms with Gasteiger partial charge in [0.15, 0.2) is 11.5 Å². The summed E-state index contributed by atoms with van der Waals surface area (Å²) in [5.41, 5.74) is 2.99. The Labute approximate surface area is 197 Å². The molecule has 32 heavy (non-hydrogen) atoms. The molecule has 1 aliphatic rings. The number of hydrogen-bond acceptors (Lipinski definition) is 5. The zero-order valence-electron chi connectivity index (χ0n) is 17.7. The van der Waals surface area contributed by atoms with Crippen LogP contribution in [0.5, 0.6) is 11.5 Å². The lowest BCUT2D eigenvalue weighted by atomic mass is 10.1. The Morgan fingerprint density at radius 1 is 0.906 bits per heavy atom. The molecule has 1 fully saturated rings. The Morgan fingerprint density at radius 3 is 2.28 bits per heavy atom. The fraction of sp³-hybridized carbons (Fsp3) is 0.154. The number of thioether (sulfide) groups is 1. The van der Waals surface area contributed by atoms with Gasteiger partial charge in [-0.2, -0.15) is 0 Å². The summed E-state index contributed by atoms with van der Waals surface area (Å²) in [6, 6.07) is 25.5. The molecule has 4 rings (SSSR count). The third-order valence-electron chi connectivity index (χ3n) is 4.86. The Morgan fingerprint density at radius 2 is 1.59 bits per heavy atom. The highest BCUT2D eigenvalue weighted by Gasteiger charge is 2.32. The quantitative estimate of drug-likeness (QED) is 0.301. The van der Waals surface area contributed by atoms with Crippen LogP contribution in [0, 0.1) is 0 Å². The van der Waals surface area contributed by atoms with E-state index in [4.69, 9.17) is 21.7 Å². The van der Waals surface area contributed by atoms with Gasteiger partial charge in [0, 0.05) is 0 Å². The molecule has 0 aliphatic carbocycles. The SMILES string of the molecule is CCOc1cc(/C=C2/SC(=S)N(Cc3ccccc3)C2=O)ccc1OCc1ccccc1. The van der Waals surface area contributed by atoms with Crippen molar-refractivity contribution in [3.8, 4) is 11.5 Å². The summed E-state index contributed by atoms with van der Waals surface area (Å²) in [7, 11) is 0. The number of ether oxygens (including phenoxy) is 2. The van der Waals surface area contributed by atoms with E-state index in [-0.39, 0.29) is 5.91 Å². The largest absolute Gasteiger partial charge is 0.490 e. The summed E-state index contributed by atoms with van der Waals surface area (Å²) < 4.78 is 12.3. The molecule has 0 unspecified atom stereocenters. The maximum atomic E-state index is 13.0. The van der Waals surface area contributed by atoms with Crippen LogP contribution in [0.25, 0.3) is 6.08 Å². The number of amides is 1. The second kappa shape index (κ2) is 10.5. The van der Waals surface area contributed by atoms with Crippen LogP contribution in [0.4, 0.5) is 0 Å². The molecule has 1 aliphatic heterocycles. The van der Waals surface area contributed by atoms with Gasteiger partial charge in [-0.05, 0) is 41.8 Å². The molecule has 0 N–H and O–H groups in total. The molecule has 0 bridgehead atoms. The highest BCUT2D eigenvalue weighted by atomic mass is 32.2. The Hall–Kier alpha value is -3.09. The van der Waals surface area contributed by atoms with Crippen molar-refractivity contribution < 1.29 is 14.3 Å². The number of nitrogens with zero attached hydrogens (tertiary/aromatic N) is 1. The van der Waals surface area contributed by atoms with Gasteiger partial charge in [0.2, 0.25) is 0 Å². The number of hydrogen-bond donors (Lipinski definition) is 0. The van der Waals surface area contributed by atoms with Crippen LogP contribution in [0.1, 0.15) is 23.6 Å². The molecule has 1 saturated heterocycles. The minimum absolute atomic E-state index is 0.0776. The predicted octanol–water partition coefficient (Wildman–Crippen LogP) is 6.07. The standard InChI is InChI=1S/C26H23NO3S2/c1-2-29-23-15-21(13-14-22(23)30-18-20-11-7-4-8-12-20)16-24-25(28)27(26(31)32-24)17-19-9-5-3-6-10-19/h3-16H,2,17-18H2,1H3/b24-16+. The Kier molecular flexibility index (Phi) is 7.24. The van der Waals surface area contributed by atoms with Crippen LogP contribution in [-0.4, -0.2) is 21.7 Å². The fourth-order valence-corrected chi connectivity index (χ4v) is 4.55. The lowest BCUT2D eigenvalue weighted by molar-refractivity contribution is -0.122. The molecule has 3 aromatic rings. The second-order valence-electron chi connectivity index (χ2n) is 7.17. The molecular formula is C26H23NO3S2. The summed E-state index contributed by atoms with van der Waals surface area (Å²) in [4.78, 5) is 15.2. The normalized spacial score (nSPS) is 14.8. The van der Waals surface area contributed by atoms with E-state index in [1.54, 1.807) is 4.90 Å². The van der Waals surface area contributed by atoms with Gasteiger partial charge in [-0.3, -0.25) is 9.69 Å². The van der Waals surface area contributed by atoms with Gasteiger partial charge in [0.25, 0.3) is 5.91 Å². The molecule has 4 nitrogen and oxygen atoms in total. The van der Waals surface area contributed by atoms with Crippen molar-refractivity contribution in [2.45, 2.75) is 20.1 Å². The fourth-order valence-electron chi connectivity index (χ4n) is 3.29. The van der Waals surface area contributed by atoms with Crippen molar-refractivity contribution in [2.24, 2.45) is 0 Å². The number of carbonyl (C=O) groups excluding carboxylic acids is 1. The molecule has 0 radical (unpaired) electrons. The summed E-state index contributed by atoms with van der Waals surface area (Å²) >= 11 is 6.79. The number of rotatable bonds is 8. The highest BCUT2D eigenvalue weighted by Crippen LogP contribution is 2.35. The van der Waals surface area contributed by atoms with Gasteiger partial charge in [0.05, 0.1) is 18.1 Å². The maximum absolute atomic E-state index is 13.0. The van der Waals surface area contributed by atoms with Gasteiger partial charge in [0.1, 0.15) is 10.9 Å². The first-order valence-corrected chi connectivity index (χ1v) is 11.6. The van der Waals surface area contributed by atoms with Crippen LogP contribution in [-0.2, 0) is 17.9 Å². The van der Waals surface area contributed by atoms with Crippen LogP contribution in [0.15, 0.2) is 83.8 Å². The third kappa shape index (κ3) is 5.39. The smallest absolute Gasteiger partial charge is 0.266 e. The van der Waals surface area contributed by atoms with E-state index in [0.717, 1.165) is 16.7 Å². The molecule has 1 amide bonds. The van der Waals surface area contributed by atoms with Crippen molar-refractivity contribution in [2.75, 3.05) is 6.61 Å². The topological polar surface area (TPSA) is 38.8 Å². The highest BCUT2D eigenvalue weighted by molar-refractivity contribution is 8.26. The van der Waals surface area contributed by atoms with Gasteiger partial charge in [-0.15, -0.1) is 0 Å². The van der Waals surface area contributed by atoms with Crippen molar-refractivity contribution in [3.63, 3.8) is 0 Å². The molecule has 0 spiro atoms. The zero-order chi connectivity index (χ0) is 22.3. The molecule has 1 heterocycles. The minimum Gasteiger partial charge on any atom is -0.490 e. The van der Waals surface area contributed by atoms with Crippen LogP contribution >= 0.6 is 24.0 Å². The first kappa shape index (κ1) is 22.1. The zero-order valence-corrected chi connectivity index (χ0v) is 19.3. The summed E-state index contributed by atoms with van der Waals surface area (Å²) in [6.45, 7) is 3.38. The first-order valence-electron chi connectivity index (χ1n) is 10.4. The third-order valence-corrected chi connectivity index (χ3v) is 6.24. The van der Waals surface area contributed by atoms with Crippen molar-refractivity contribution in [1.82, 2.24) is 4.90 Å². The van der Waals surface area contributed by atoms with E-state index in [0.29, 0.717) is 40.5 Å². The van der Waals surface area contributed by atoms with E-state index < -0.39 is 0 Å². The Balaban J connectivity index is 1.51. The molecule has 162 valence electrons. The summed E-state index contributed by atoms with van der Waals surface area (Å²) in [5, 5.41) is 0. The van der Waals surface area contributed by atoms with Crippen molar-refractivity contribution in [1.29, 1.82) is 0 Å². The predicted molar refractivity (Wildman–Crippen MR) is 134 cm³/mol. The lowest BCUT2D eigenvalue weighted by Gasteiger charge is -2.14. The van der Waals surface area contributed by atoms with Crippen LogP contribution in [0.2, 0.25) is 0 Å². The van der Waals surface area contributed by atoms with Crippen molar-refractivity contribution in [3.05, 3.63) is 100 Å². The molecule has 3 aromatic carbocycles. The average Bonchev–Trinajstić information content (AvgIpc) is 3.07. The number of carbonyl (C=O) groups is 1. The molecule has 0 atom stereocenters. The molecular weight excluding hydrogens is 438 g/mol. The first-order chi connectivity index (χ1) is 15.6. The maximum Gasteiger partial charge on any atom is 0.266 e. The summed E-state index contributed by atoms with van der Waals surface area (Å²) in [5.74, 6) is 1.24. The second-order valence-corrected chi connectivity index (χ2v) is 8.84. The van der Waals surface area contributed by atoms with E-state index in [1.807, 2.05) is 91.9 Å². The minimum atomic E-state index is -0.0776. The van der Waals surface area contributed by atoms with Crippen LogP contribution < -0.4 is 9.47 Å². The number of benzene rings is 3. The van der Waals surface area contributed by atoms with Gasteiger partial charge >= 0.3 is 0 Å². The summed E-state index contributed by atoms with van der Waals surface area (Å²) in [6.07, 6.45) is 1.85. The monoisotopic (exact) mass is 461 g/mol. The van der Waals surface area contributed by atoms with Crippen molar-refractivity contribution >= 4 is 40.3 Å². The van der Waals surface area contributed by atoms with E-state index in [9.17, 15) is 4.79 Å². The Bertz CT molecular complexity index is 1130. The van der Waals surface area contributed by atoms with Crippen LogP contribution in [0.3, 0.4) is 0 Å². The van der Waals surface area contributed by atoms with Gasteiger partial charge < -0.3 is 9.47 Å².